The van der Waals surface area contributed by atoms with E-state index in [4.69, 9.17) is 27.9 Å². The molecule has 0 aromatic heterocycles. The van der Waals surface area contributed by atoms with Crippen LogP contribution >= 0.6 is 23.2 Å². The molecule has 4 heteroatoms. The summed E-state index contributed by atoms with van der Waals surface area (Å²) in [5, 5.41) is 0.836. The smallest absolute Gasteiger partial charge is 0.346 e. The Bertz CT molecular complexity index is 486. The maximum Gasteiger partial charge on any atom is 0.346 e. The Balaban J connectivity index is 3.20. The maximum atomic E-state index is 11.7. The van der Waals surface area contributed by atoms with Gasteiger partial charge in [-0.1, -0.05) is 29.3 Å². The molecule has 0 atom stereocenters. The number of carbonyl (C=O) groups is 1. The Morgan fingerprint density at radius 3 is 2.65 bits per heavy atom. The number of esters is 1. The minimum absolute atomic E-state index is 0.315. The summed E-state index contributed by atoms with van der Waals surface area (Å²) in [6.07, 6.45) is 1.65. The highest BCUT2D eigenvalue weighted by molar-refractivity contribution is 6.42. The summed E-state index contributed by atoms with van der Waals surface area (Å²) in [6.45, 7) is 3.84. The van der Waals surface area contributed by atoms with Crippen molar-refractivity contribution >= 4 is 34.7 Å². The summed E-state index contributed by atoms with van der Waals surface area (Å²) in [4.78, 5) is 11.7. The van der Waals surface area contributed by atoms with E-state index in [2.05, 4.69) is 5.73 Å². The topological polar surface area (TPSA) is 26.3 Å². The standard InChI is InChI=1S/C13H12Cl2O2/c1-3-5-10(13(16)17-4-2)9-6-7-11(14)12(15)8-9/h3,6-8H,4H2,1-2H3. The van der Waals surface area contributed by atoms with Crippen LogP contribution in [0.1, 0.15) is 19.4 Å². The molecular formula is C13H12Cl2O2. The van der Waals surface area contributed by atoms with Gasteiger partial charge in [-0.05, 0) is 37.6 Å². The van der Waals surface area contributed by atoms with Gasteiger partial charge in [0, 0.05) is 0 Å². The molecule has 0 N–H and O–H groups in total. The molecule has 0 radical (unpaired) electrons. The third-order valence-electron chi connectivity index (χ3n) is 1.98. The van der Waals surface area contributed by atoms with Crippen molar-refractivity contribution in [3.05, 3.63) is 45.6 Å². The number of ether oxygens (including phenoxy) is 1. The minimum atomic E-state index is -0.427. The summed E-state index contributed by atoms with van der Waals surface area (Å²) in [7, 11) is 0. The van der Waals surface area contributed by atoms with Gasteiger partial charge in [-0.15, -0.1) is 5.73 Å². The van der Waals surface area contributed by atoms with Crippen LogP contribution in [0.4, 0.5) is 0 Å². The molecule has 0 saturated carbocycles. The number of halogens is 2. The van der Waals surface area contributed by atoms with Gasteiger partial charge in [-0.2, -0.15) is 0 Å². The monoisotopic (exact) mass is 270 g/mol. The number of rotatable bonds is 3. The SMILES string of the molecule is CC=C=C(C(=O)OCC)c1ccc(Cl)c(Cl)c1. The largest absolute Gasteiger partial charge is 0.462 e. The first kappa shape index (κ1) is 13.9. The fourth-order valence-corrected chi connectivity index (χ4v) is 1.56. The first-order valence-electron chi connectivity index (χ1n) is 5.14. The number of benzene rings is 1. The van der Waals surface area contributed by atoms with E-state index in [9.17, 15) is 4.79 Å². The van der Waals surface area contributed by atoms with Crippen LogP contribution in [0.2, 0.25) is 10.0 Å². The van der Waals surface area contributed by atoms with Gasteiger partial charge in [-0.3, -0.25) is 0 Å². The zero-order valence-electron chi connectivity index (χ0n) is 9.59. The lowest BCUT2D eigenvalue weighted by atomic mass is 10.1. The fraction of sp³-hybridized carbons (Fsp3) is 0.231. The minimum Gasteiger partial charge on any atom is -0.462 e. The van der Waals surface area contributed by atoms with Gasteiger partial charge in [0.15, 0.2) is 0 Å². The number of hydrogen-bond donors (Lipinski definition) is 0. The normalized spacial score (nSPS) is 9.41. The van der Waals surface area contributed by atoms with Crippen LogP contribution in [0.3, 0.4) is 0 Å². The molecule has 2 nitrogen and oxygen atoms in total. The lowest BCUT2D eigenvalue weighted by Gasteiger charge is -2.06. The van der Waals surface area contributed by atoms with Gasteiger partial charge in [0.1, 0.15) is 5.57 Å². The average Bonchev–Trinajstić information content (AvgIpc) is 2.30. The highest BCUT2D eigenvalue weighted by atomic mass is 35.5. The van der Waals surface area contributed by atoms with E-state index in [0.29, 0.717) is 27.8 Å². The van der Waals surface area contributed by atoms with Gasteiger partial charge in [0.25, 0.3) is 0 Å². The molecular weight excluding hydrogens is 259 g/mol. The van der Waals surface area contributed by atoms with Crippen molar-refractivity contribution in [3.63, 3.8) is 0 Å². The molecule has 0 fully saturated rings. The van der Waals surface area contributed by atoms with Gasteiger partial charge in [-0.25, -0.2) is 4.79 Å². The molecule has 0 spiro atoms. The Morgan fingerprint density at radius 1 is 1.41 bits per heavy atom. The molecule has 1 aromatic rings. The van der Waals surface area contributed by atoms with E-state index in [1.54, 1.807) is 38.1 Å². The summed E-state index contributed by atoms with van der Waals surface area (Å²) >= 11 is 11.7. The van der Waals surface area contributed by atoms with E-state index in [-0.39, 0.29) is 0 Å². The average molecular weight is 271 g/mol. The molecule has 90 valence electrons. The van der Waals surface area contributed by atoms with Crippen molar-refractivity contribution < 1.29 is 9.53 Å². The molecule has 17 heavy (non-hydrogen) atoms. The molecule has 0 saturated heterocycles. The third kappa shape index (κ3) is 3.64. The highest BCUT2D eigenvalue weighted by Gasteiger charge is 2.13. The lowest BCUT2D eigenvalue weighted by Crippen LogP contribution is -2.06. The first-order valence-corrected chi connectivity index (χ1v) is 5.89. The van der Waals surface area contributed by atoms with Crippen molar-refractivity contribution in [2.45, 2.75) is 13.8 Å². The Hall–Kier alpha value is -1.21. The van der Waals surface area contributed by atoms with Gasteiger partial charge in [0.2, 0.25) is 0 Å². The second-order valence-corrected chi connectivity index (χ2v) is 3.97. The summed E-state index contributed by atoms with van der Waals surface area (Å²) in [5.41, 5.74) is 3.82. The summed E-state index contributed by atoms with van der Waals surface area (Å²) < 4.78 is 4.95. The molecule has 1 aromatic carbocycles. The molecule has 0 unspecified atom stereocenters. The van der Waals surface area contributed by atoms with Crippen molar-refractivity contribution in [2.24, 2.45) is 0 Å². The first-order chi connectivity index (χ1) is 8.10. The Kier molecular flexibility index (Phi) is 5.30. The molecule has 0 heterocycles. The number of carbonyl (C=O) groups excluding carboxylic acids is 1. The van der Waals surface area contributed by atoms with E-state index >= 15 is 0 Å². The van der Waals surface area contributed by atoms with Crippen LogP contribution in [-0.4, -0.2) is 12.6 Å². The van der Waals surface area contributed by atoms with Crippen LogP contribution in [0, 0.1) is 0 Å². The van der Waals surface area contributed by atoms with Crippen LogP contribution in [0.25, 0.3) is 5.57 Å². The highest BCUT2D eigenvalue weighted by Crippen LogP contribution is 2.26. The molecule has 0 aliphatic rings. The van der Waals surface area contributed by atoms with E-state index in [1.165, 1.54) is 0 Å². The third-order valence-corrected chi connectivity index (χ3v) is 2.72. The Labute approximate surface area is 110 Å². The molecule has 0 bridgehead atoms. The van der Waals surface area contributed by atoms with Crippen LogP contribution < -0.4 is 0 Å². The van der Waals surface area contributed by atoms with Gasteiger partial charge in [0.05, 0.1) is 16.7 Å². The van der Waals surface area contributed by atoms with Crippen LogP contribution in [0.15, 0.2) is 30.0 Å². The zero-order valence-corrected chi connectivity index (χ0v) is 11.1. The van der Waals surface area contributed by atoms with E-state index in [1.807, 2.05) is 0 Å². The predicted molar refractivity (Wildman–Crippen MR) is 70.3 cm³/mol. The van der Waals surface area contributed by atoms with Crippen molar-refractivity contribution in [1.82, 2.24) is 0 Å². The van der Waals surface area contributed by atoms with Gasteiger partial charge >= 0.3 is 5.97 Å². The quantitative estimate of drug-likeness (QED) is 0.469. The molecule has 1 rings (SSSR count). The van der Waals surface area contributed by atoms with Gasteiger partial charge < -0.3 is 4.74 Å². The van der Waals surface area contributed by atoms with Crippen LogP contribution in [-0.2, 0) is 9.53 Å². The second kappa shape index (κ2) is 6.51. The molecule has 0 amide bonds. The van der Waals surface area contributed by atoms with Crippen molar-refractivity contribution in [3.8, 4) is 0 Å². The lowest BCUT2D eigenvalue weighted by molar-refractivity contribution is -0.136. The molecule has 0 aliphatic carbocycles. The Morgan fingerprint density at radius 2 is 2.12 bits per heavy atom. The van der Waals surface area contributed by atoms with E-state index in [0.717, 1.165) is 0 Å². The summed E-state index contributed by atoms with van der Waals surface area (Å²) in [5.74, 6) is -0.427. The summed E-state index contributed by atoms with van der Waals surface area (Å²) in [6, 6.07) is 4.96. The fourth-order valence-electron chi connectivity index (χ4n) is 1.26. The number of hydrogen-bond acceptors (Lipinski definition) is 2. The predicted octanol–water partition coefficient (Wildman–Crippen LogP) is 4.11. The zero-order chi connectivity index (χ0) is 12.8. The van der Waals surface area contributed by atoms with Crippen molar-refractivity contribution in [2.75, 3.05) is 6.61 Å². The maximum absolute atomic E-state index is 11.7. The van der Waals surface area contributed by atoms with Crippen molar-refractivity contribution in [1.29, 1.82) is 0 Å². The van der Waals surface area contributed by atoms with Crippen LogP contribution in [0.5, 0.6) is 0 Å². The molecule has 0 aliphatic heterocycles. The second-order valence-electron chi connectivity index (χ2n) is 3.16. The van der Waals surface area contributed by atoms with E-state index < -0.39 is 5.97 Å².